The van der Waals surface area contributed by atoms with Crippen LogP contribution in [0.15, 0.2) is 0 Å². The van der Waals surface area contributed by atoms with Crippen LogP contribution in [0.1, 0.15) is 74.1 Å². The summed E-state index contributed by atoms with van der Waals surface area (Å²) in [5.74, 6) is -1.80. The van der Waals surface area contributed by atoms with E-state index in [-0.39, 0.29) is 0 Å². The Bertz CT molecular complexity index is 917. The zero-order chi connectivity index (χ0) is 26.1. The maximum Gasteiger partial charge on any atom is 0.408 e. The van der Waals surface area contributed by atoms with Gasteiger partial charge in [-0.2, -0.15) is 0 Å². The maximum absolute atomic E-state index is 13.4. The molecule has 34 heavy (non-hydrogen) atoms. The average molecular weight is 503 g/mol. The van der Waals surface area contributed by atoms with E-state index >= 15 is 0 Å². The molecule has 1 heterocycles. The monoisotopic (exact) mass is 502 g/mol. The number of nitrogens with one attached hydrogen (secondary N) is 3. The third-order valence-electron chi connectivity index (χ3n) is 5.57. The van der Waals surface area contributed by atoms with Gasteiger partial charge in [0.05, 0.1) is 5.25 Å². The minimum Gasteiger partial charge on any atom is -0.444 e. The quantitative estimate of drug-likeness (QED) is 0.470. The Balaban J connectivity index is 2.07. The molecule has 3 atom stereocenters. The third-order valence-corrected chi connectivity index (χ3v) is 7.41. The van der Waals surface area contributed by atoms with Crippen LogP contribution in [0.25, 0.3) is 0 Å². The summed E-state index contributed by atoms with van der Waals surface area (Å²) in [6.07, 6.45) is 1.24. The highest BCUT2D eigenvalue weighted by molar-refractivity contribution is 7.90. The Hall–Kier alpha value is -2.37. The minimum absolute atomic E-state index is 0.316. The number of hydrogen-bond acceptors (Lipinski definition) is 7. The summed E-state index contributed by atoms with van der Waals surface area (Å²) in [7, 11) is -3.73. The van der Waals surface area contributed by atoms with Crippen LogP contribution in [-0.2, 0) is 29.1 Å². The number of carbonyl (C=O) groups is 4. The van der Waals surface area contributed by atoms with Crippen molar-refractivity contribution in [2.45, 2.75) is 103 Å². The fraction of sp³-hybridized carbons (Fsp3) is 0.818. The molecule has 2 fully saturated rings. The summed E-state index contributed by atoms with van der Waals surface area (Å²) in [5.41, 5.74) is -1.41. The standard InChI is InChI=1S/C22H38N4O7S/c1-13(17(27)25-34(31,32)14-10-11-14)23-18(28)15-9-8-12-26(15)19(29)16(21(2,3)4)24-20(30)33-22(5,6)7/h13-16H,8-12H2,1-7H3,(H,23,28)(H,24,30)(H,25,27)/t13-,15+,16-/m1/s1. The van der Waals surface area contributed by atoms with Crippen molar-refractivity contribution >= 4 is 33.8 Å². The van der Waals surface area contributed by atoms with E-state index in [4.69, 9.17) is 4.74 Å². The van der Waals surface area contributed by atoms with Crippen molar-refractivity contribution < 1.29 is 32.3 Å². The van der Waals surface area contributed by atoms with Crippen molar-refractivity contribution in [3.8, 4) is 0 Å². The van der Waals surface area contributed by atoms with Gasteiger partial charge in [-0.1, -0.05) is 20.8 Å². The lowest BCUT2D eigenvalue weighted by atomic mass is 9.85. The van der Waals surface area contributed by atoms with Gasteiger partial charge in [-0.05, 0) is 58.8 Å². The molecule has 0 spiro atoms. The van der Waals surface area contributed by atoms with Crippen molar-refractivity contribution in [3.63, 3.8) is 0 Å². The molecule has 12 heteroatoms. The molecule has 194 valence electrons. The first-order valence-corrected chi connectivity index (χ1v) is 13.1. The van der Waals surface area contributed by atoms with E-state index in [2.05, 4.69) is 10.6 Å². The maximum atomic E-state index is 13.4. The Morgan fingerprint density at radius 2 is 1.56 bits per heavy atom. The van der Waals surface area contributed by atoms with Crippen LogP contribution < -0.4 is 15.4 Å². The lowest BCUT2D eigenvalue weighted by Crippen LogP contribution is -2.59. The van der Waals surface area contributed by atoms with Crippen LogP contribution in [0.4, 0.5) is 4.79 Å². The van der Waals surface area contributed by atoms with Crippen LogP contribution in [-0.4, -0.2) is 72.7 Å². The molecule has 0 bridgehead atoms. The lowest BCUT2D eigenvalue weighted by molar-refractivity contribution is -0.142. The van der Waals surface area contributed by atoms with Gasteiger partial charge in [-0.25, -0.2) is 13.2 Å². The molecule has 1 aliphatic heterocycles. The molecule has 1 saturated heterocycles. The first-order chi connectivity index (χ1) is 15.4. The molecule has 4 amide bonds. The Kier molecular flexibility index (Phi) is 8.27. The van der Waals surface area contributed by atoms with Gasteiger partial charge in [0.15, 0.2) is 0 Å². The number of rotatable bonds is 7. The van der Waals surface area contributed by atoms with E-state index in [9.17, 15) is 27.6 Å². The molecule has 0 radical (unpaired) electrons. The van der Waals surface area contributed by atoms with Crippen molar-refractivity contribution in [1.29, 1.82) is 0 Å². The number of nitrogens with zero attached hydrogens (tertiary/aromatic N) is 1. The largest absolute Gasteiger partial charge is 0.444 e. The Labute approximate surface area is 201 Å². The van der Waals surface area contributed by atoms with Crippen LogP contribution in [0, 0.1) is 5.41 Å². The molecule has 11 nitrogen and oxygen atoms in total. The second kappa shape index (κ2) is 10.1. The van der Waals surface area contributed by atoms with E-state index < -0.39 is 68.2 Å². The fourth-order valence-electron chi connectivity index (χ4n) is 3.61. The predicted molar refractivity (Wildman–Crippen MR) is 125 cm³/mol. The van der Waals surface area contributed by atoms with Gasteiger partial charge in [-0.15, -0.1) is 0 Å². The molecule has 1 aliphatic carbocycles. The number of alkyl carbamates (subject to hydrolysis) is 1. The topological polar surface area (TPSA) is 151 Å². The average Bonchev–Trinajstić information content (AvgIpc) is 3.41. The van der Waals surface area contributed by atoms with Crippen molar-refractivity contribution in [1.82, 2.24) is 20.3 Å². The van der Waals surface area contributed by atoms with Gasteiger partial charge in [0, 0.05) is 6.54 Å². The van der Waals surface area contributed by atoms with E-state index in [0.717, 1.165) is 0 Å². The van der Waals surface area contributed by atoms with Gasteiger partial charge in [-0.3, -0.25) is 19.1 Å². The van der Waals surface area contributed by atoms with Crippen LogP contribution in [0.5, 0.6) is 0 Å². The SMILES string of the molecule is C[C@@H](NC(=O)[C@@H]1CCCN1C(=O)[C@@H](NC(=O)OC(C)(C)C)C(C)(C)C)C(=O)NS(=O)(=O)C1CC1. The summed E-state index contributed by atoms with van der Waals surface area (Å²) in [6.45, 7) is 12.2. The zero-order valence-corrected chi connectivity index (χ0v) is 21.9. The Morgan fingerprint density at radius 3 is 2.06 bits per heavy atom. The highest BCUT2D eigenvalue weighted by atomic mass is 32.2. The van der Waals surface area contributed by atoms with Crippen LogP contribution >= 0.6 is 0 Å². The number of sulfonamides is 1. The fourth-order valence-corrected chi connectivity index (χ4v) is 4.99. The van der Waals surface area contributed by atoms with Crippen molar-refractivity contribution in [2.24, 2.45) is 5.41 Å². The molecule has 2 rings (SSSR count). The molecule has 3 N–H and O–H groups in total. The Morgan fingerprint density at radius 1 is 0.971 bits per heavy atom. The molecule has 1 saturated carbocycles. The van der Waals surface area contributed by atoms with E-state index in [1.165, 1.54) is 11.8 Å². The number of amides is 4. The van der Waals surface area contributed by atoms with Gasteiger partial charge >= 0.3 is 6.09 Å². The second-order valence-electron chi connectivity index (χ2n) is 11.1. The number of ether oxygens (including phenoxy) is 1. The lowest BCUT2D eigenvalue weighted by Gasteiger charge is -2.35. The predicted octanol–water partition coefficient (Wildman–Crippen LogP) is 1.03. The summed E-state index contributed by atoms with van der Waals surface area (Å²) < 4.78 is 31.3. The molecule has 0 aromatic carbocycles. The molecule has 0 aromatic rings. The first kappa shape index (κ1) is 27.9. The summed E-state index contributed by atoms with van der Waals surface area (Å²) >= 11 is 0. The summed E-state index contributed by atoms with van der Waals surface area (Å²) in [5, 5.41) is 4.59. The smallest absolute Gasteiger partial charge is 0.408 e. The molecular formula is C22H38N4O7S. The summed E-state index contributed by atoms with van der Waals surface area (Å²) in [6, 6.07) is -2.88. The zero-order valence-electron chi connectivity index (χ0n) is 21.1. The molecule has 0 aromatic heterocycles. The number of likely N-dealkylation sites (tertiary alicyclic amines) is 1. The van der Waals surface area contributed by atoms with Gasteiger partial charge < -0.3 is 20.3 Å². The third kappa shape index (κ3) is 7.57. The van der Waals surface area contributed by atoms with Crippen molar-refractivity contribution in [3.05, 3.63) is 0 Å². The van der Waals surface area contributed by atoms with Gasteiger partial charge in [0.1, 0.15) is 23.7 Å². The van der Waals surface area contributed by atoms with Crippen molar-refractivity contribution in [2.75, 3.05) is 6.54 Å². The summed E-state index contributed by atoms with van der Waals surface area (Å²) in [4.78, 5) is 52.4. The highest BCUT2D eigenvalue weighted by Gasteiger charge is 2.43. The van der Waals surface area contributed by atoms with E-state index in [1.807, 2.05) is 4.72 Å². The normalized spacial score (nSPS) is 20.8. The molecular weight excluding hydrogens is 464 g/mol. The van der Waals surface area contributed by atoms with Gasteiger partial charge in [0.25, 0.3) is 5.91 Å². The highest BCUT2D eigenvalue weighted by Crippen LogP contribution is 2.28. The van der Waals surface area contributed by atoms with E-state index in [0.29, 0.717) is 32.2 Å². The van der Waals surface area contributed by atoms with Gasteiger partial charge in [0.2, 0.25) is 21.8 Å². The number of hydrogen-bond donors (Lipinski definition) is 3. The van der Waals surface area contributed by atoms with Crippen LogP contribution in [0.3, 0.4) is 0 Å². The minimum atomic E-state index is -3.73. The van der Waals surface area contributed by atoms with Crippen LogP contribution in [0.2, 0.25) is 0 Å². The first-order valence-electron chi connectivity index (χ1n) is 11.6. The van der Waals surface area contributed by atoms with E-state index in [1.54, 1.807) is 41.5 Å². The molecule has 0 unspecified atom stereocenters. The number of carbonyl (C=O) groups excluding carboxylic acids is 4. The second-order valence-corrected chi connectivity index (χ2v) is 13.0. The molecule has 2 aliphatic rings.